The smallest absolute Gasteiger partial charge is 0.408 e. The number of aromatic nitrogens is 1. The molecular weight excluding hydrogens is 244 g/mol. The van der Waals surface area contributed by atoms with Gasteiger partial charge in [-0.1, -0.05) is 6.07 Å². The molecule has 0 aliphatic rings. The van der Waals surface area contributed by atoms with E-state index in [4.69, 9.17) is 4.74 Å². The number of nitrogens with one attached hydrogen (secondary N) is 1. The molecule has 0 saturated carbocycles. The molecule has 19 heavy (non-hydrogen) atoms. The Morgan fingerprint density at radius 1 is 1.16 bits per heavy atom. The zero-order valence-electron chi connectivity index (χ0n) is 12.0. The van der Waals surface area contributed by atoms with Gasteiger partial charge in [-0.05, 0) is 46.8 Å². The van der Waals surface area contributed by atoms with Crippen molar-refractivity contribution in [3.8, 4) is 0 Å². The van der Waals surface area contributed by atoms with Crippen molar-refractivity contribution < 1.29 is 14.3 Å². The highest BCUT2D eigenvalue weighted by Crippen LogP contribution is 2.13. The van der Waals surface area contributed by atoms with Crippen molar-refractivity contribution in [3.63, 3.8) is 0 Å². The fourth-order valence-corrected chi connectivity index (χ4v) is 1.43. The topological polar surface area (TPSA) is 68.3 Å². The van der Waals surface area contributed by atoms with Crippen LogP contribution in [0.4, 0.5) is 4.79 Å². The van der Waals surface area contributed by atoms with Crippen molar-refractivity contribution in [2.45, 2.75) is 45.8 Å². The fraction of sp³-hybridized carbons (Fsp3) is 0.500. The Kier molecular flexibility index (Phi) is 4.29. The molecule has 0 spiro atoms. The molecule has 1 heterocycles. The Hall–Kier alpha value is -1.91. The maximum atomic E-state index is 12.2. The van der Waals surface area contributed by atoms with E-state index >= 15 is 0 Å². The first-order chi connectivity index (χ1) is 8.62. The number of amides is 1. The molecule has 0 aliphatic heterocycles. The first kappa shape index (κ1) is 15.1. The maximum absolute atomic E-state index is 12.2. The van der Waals surface area contributed by atoms with E-state index < -0.39 is 17.2 Å². The Balaban J connectivity index is 2.76. The minimum Gasteiger partial charge on any atom is -0.444 e. The lowest BCUT2D eigenvalue weighted by molar-refractivity contribution is 0.0453. The molecule has 5 nitrogen and oxygen atoms in total. The molecule has 0 aliphatic carbocycles. The summed E-state index contributed by atoms with van der Waals surface area (Å²) in [6, 6.07) is 5.07. The summed E-state index contributed by atoms with van der Waals surface area (Å²) in [5.74, 6) is -0.265. The van der Waals surface area contributed by atoms with Crippen LogP contribution in [0.2, 0.25) is 0 Å². The molecule has 0 bridgehead atoms. The van der Waals surface area contributed by atoms with E-state index in [1.54, 1.807) is 52.8 Å². The van der Waals surface area contributed by atoms with Crippen LogP contribution in [-0.4, -0.2) is 28.0 Å². The van der Waals surface area contributed by atoms with E-state index in [0.717, 1.165) is 0 Å². The first-order valence-corrected chi connectivity index (χ1v) is 6.09. The molecule has 0 fully saturated rings. The lowest BCUT2D eigenvalue weighted by Crippen LogP contribution is -2.51. The van der Waals surface area contributed by atoms with Gasteiger partial charge in [0.1, 0.15) is 16.8 Å². The number of carbonyl (C=O) groups is 2. The number of rotatable bonds is 3. The summed E-state index contributed by atoms with van der Waals surface area (Å²) in [5, 5.41) is 2.56. The molecule has 0 atom stereocenters. The van der Waals surface area contributed by atoms with Crippen LogP contribution in [-0.2, 0) is 4.74 Å². The number of alkyl carbamates (subject to hydrolysis) is 1. The predicted molar refractivity (Wildman–Crippen MR) is 72.0 cm³/mol. The standard InChI is InChI=1S/C14H20N2O3/c1-13(2,3)19-12(18)16-14(4,5)11(17)10-8-6-7-9-15-10/h6-9H,1-5H3,(H,16,18). The Bertz CT molecular complexity index is 461. The SMILES string of the molecule is CC(C)(C)OC(=O)NC(C)(C)C(=O)c1ccccn1. The average molecular weight is 264 g/mol. The average Bonchev–Trinajstić information content (AvgIpc) is 2.25. The number of nitrogens with zero attached hydrogens (tertiary/aromatic N) is 1. The molecule has 0 radical (unpaired) electrons. The quantitative estimate of drug-likeness (QED) is 0.852. The van der Waals surface area contributed by atoms with E-state index in [0.29, 0.717) is 5.69 Å². The summed E-state index contributed by atoms with van der Waals surface area (Å²) in [7, 11) is 0. The fourth-order valence-electron chi connectivity index (χ4n) is 1.43. The van der Waals surface area contributed by atoms with E-state index in [9.17, 15) is 9.59 Å². The second-order valence-corrected chi connectivity index (χ2v) is 5.80. The van der Waals surface area contributed by atoms with E-state index in [-0.39, 0.29) is 5.78 Å². The van der Waals surface area contributed by atoms with E-state index in [1.807, 2.05) is 0 Å². The summed E-state index contributed by atoms with van der Waals surface area (Å²) in [6.45, 7) is 8.53. The van der Waals surface area contributed by atoms with Crippen molar-refractivity contribution in [2.24, 2.45) is 0 Å². The zero-order valence-corrected chi connectivity index (χ0v) is 12.0. The highest BCUT2D eigenvalue weighted by Gasteiger charge is 2.32. The molecule has 1 N–H and O–H groups in total. The normalized spacial score (nSPS) is 11.8. The van der Waals surface area contributed by atoms with Gasteiger partial charge in [0.15, 0.2) is 0 Å². The number of hydrogen-bond donors (Lipinski definition) is 1. The number of ketones is 1. The minimum atomic E-state index is -1.07. The van der Waals surface area contributed by atoms with Gasteiger partial charge >= 0.3 is 6.09 Å². The third-order valence-corrected chi connectivity index (χ3v) is 2.28. The summed E-state index contributed by atoms with van der Waals surface area (Å²) in [6.07, 6.45) is 0.915. The van der Waals surface area contributed by atoms with Gasteiger partial charge in [0, 0.05) is 6.20 Å². The Morgan fingerprint density at radius 2 is 1.79 bits per heavy atom. The third-order valence-electron chi connectivity index (χ3n) is 2.28. The number of hydrogen-bond acceptors (Lipinski definition) is 4. The van der Waals surface area contributed by atoms with Crippen LogP contribution < -0.4 is 5.32 Å². The predicted octanol–water partition coefficient (Wildman–Crippen LogP) is 2.57. The van der Waals surface area contributed by atoms with Crippen molar-refractivity contribution in [1.29, 1.82) is 0 Å². The summed E-state index contributed by atoms with van der Waals surface area (Å²) in [4.78, 5) is 27.9. The molecule has 1 amide bonds. The number of carbonyl (C=O) groups excluding carboxylic acids is 2. The second kappa shape index (κ2) is 5.38. The van der Waals surface area contributed by atoms with Crippen LogP contribution in [0.5, 0.6) is 0 Å². The van der Waals surface area contributed by atoms with Gasteiger partial charge in [-0.3, -0.25) is 9.78 Å². The molecule has 0 aromatic carbocycles. The summed E-state index contributed by atoms with van der Waals surface area (Å²) < 4.78 is 5.14. The van der Waals surface area contributed by atoms with Gasteiger partial charge in [-0.25, -0.2) is 4.79 Å². The molecule has 0 unspecified atom stereocenters. The van der Waals surface area contributed by atoms with Gasteiger partial charge in [-0.15, -0.1) is 0 Å². The molecule has 5 heteroatoms. The second-order valence-electron chi connectivity index (χ2n) is 5.80. The monoisotopic (exact) mass is 264 g/mol. The van der Waals surface area contributed by atoms with Crippen molar-refractivity contribution >= 4 is 11.9 Å². The number of ether oxygens (including phenoxy) is 1. The molecule has 1 aromatic rings. The number of pyridine rings is 1. The minimum absolute atomic E-state index is 0.265. The molecule has 104 valence electrons. The van der Waals surface area contributed by atoms with Gasteiger partial charge in [0.2, 0.25) is 5.78 Å². The number of Topliss-reactive ketones (excluding diaryl/α,β-unsaturated/α-hetero) is 1. The zero-order chi connectivity index (χ0) is 14.7. The van der Waals surface area contributed by atoms with Crippen molar-refractivity contribution in [1.82, 2.24) is 10.3 Å². The van der Waals surface area contributed by atoms with Gasteiger partial charge in [-0.2, -0.15) is 0 Å². The highest BCUT2D eigenvalue weighted by molar-refractivity contribution is 6.02. The van der Waals surface area contributed by atoms with E-state index in [2.05, 4.69) is 10.3 Å². The maximum Gasteiger partial charge on any atom is 0.408 e. The van der Waals surface area contributed by atoms with Gasteiger partial charge in [0.05, 0.1) is 0 Å². The van der Waals surface area contributed by atoms with Crippen LogP contribution in [0.25, 0.3) is 0 Å². The lowest BCUT2D eigenvalue weighted by atomic mass is 9.96. The molecule has 1 aromatic heterocycles. The molecule has 0 saturated heterocycles. The van der Waals surface area contributed by atoms with Gasteiger partial charge in [0.25, 0.3) is 0 Å². The largest absolute Gasteiger partial charge is 0.444 e. The summed E-state index contributed by atoms with van der Waals surface area (Å²) in [5.41, 5.74) is -1.37. The van der Waals surface area contributed by atoms with Crippen molar-refractivity contribution in [2.75, 3.05) is 0 Å². The van der Waals surface area contributed by atoms with Crippen LogP contribution >= 0.6 is 0 Å². The van der Waals surface area contributed by atoms with Crippen LogP contribution in [0.1, 0.15) is 45.1 Å². The lowest BCUT2D eigenvalue weighted by Gasteiger charge is -2.27. The Labute approximate surface area is 113 Å². The molecule has 1 rings (SSSR count). The Morgan fingerprint density at radius 3 is 2.26 bits per heavy atom. The van der Waals surface area contributed by atoms with Crippen LogP contribution in [0.15, 0.2) is 24.4 Å². The van der Waals surface area contributed by atoms with Gasteiger partial charge < -0.3 is 10.1 Å². The van der Waals surface area contributed by atoms with Crippen LogP contribution in [0.3, 0.4) is 0 Å². The highest BCUT2D eigenvalue weighted by atomic mass is 16.6. The van der Waals surface area contributed by atoms with E-state index in [1.165, 1.54) is 6.20 Å². The molecular formula is C14H20N2O3. The third kappa shape index (κ3) is 4.69. The first-order valence-electron chi connectivity index (χ1n) is 6.09. The summed E-state index contributed by atoms with van der Waals surface area (Å²) >= 11 is 0. The van der Waals surface area contributed by atoms with Crippen LogP contribution in [0, 0.1) is 0 Å². The van der Waals surface area contributed by atoms with Crippen molar-refractivity contribution in [3.05, 3.63) is 30.1 Å².